The lowest BCUT2D eigenvalue weighted by atomic mass is 10.1. The van der Waals surface area contributed by atoms with E-state index in [0.29, 0.717) is 18.8 Å². The van der Waals surface area contributed by atoms with Gasteiger partial charge in [-0.15, -0.1) is 0 Å². The molecule has 1 saturated carbocycles. The molecule has 34 heavy (non-hydrogen) atoms. The van der Waals surface area contributed by atoms with Crippen molar-refractivity contribution in [3.05, 3.63) is 77.1 Å². The number of H-pyrrole nitrogens is 1. The van der Waals surface area contributed by atoms with Crippen LogP contribution in [0.15, 0.2) is 54.6 Å². The van der Waals surface area contributed by atoms with Crippen LogP contribution in [-0.2, 0) is 11.3 Å². The number of amides is 1. The molecule has 3 heterocycles. The van der Waals surface area contributed by atoms with Crippen LogP contribution in [0.25, 0.3) is 22.3 Å². The van der Waals surface area contributed by atoms with Gasteiger partial charge in [-0.2, -0.15) is 0 Å². The highest BCUT2D eigenvalue weighted by Gasteiger charge is 2.38. The van der Waals surface area contributed by atoms with Crippen molar-refractivity contribution in [1.82, 2.24) is 20.3 Å². The summed E-state index contributed by atoms with van der Waals surface area (Å²) in [7, 11) is 0. The molecule has 4 aromatic rings. The smallest absolute Gasteiger partial charge is 0.253 e. The summed E-state index contributed by atoms with van der Waals surface area (Å²) in [5.74, 6) is 0.737. The molecular formula is C27H27N5O2. The minimum Gasteiger partial charge on any atom is -0.374 e. The van der Waals surface area contributed by atoms with Crippen LogP contribution in [0.4, 0.5) is 5.82 Å². The van der Waals surface area contributed by atoms with Crippen LogP contribution in [0, 0.1) is 6.92 Å². The molecule has 7 heteroatoms. The van der Waals surface area contributed by atoms with Gasteiger partial charge in [-0.1, -0.05) is 42.5 Å². The third kappa shape index (κ3) is 3.82. The average molecular weight is 454 g/mol. The van der Waals surface area contributed by atoms with E-state index >= 15 is 0 Å². The molecule has 1 fully saturated rings. The van der Waals surface area contributed by atoms with Gasteiger partial charge in [-0.25, -0.2) is 9.97 Å². The average Bonchev–Trinajstić information content (AvgIpc) is 3.27. The second-order valence-corrected chi connectivity index (χ2v) is 9.55. The van der Waals surface area contributed by atoms with Gasteiger partial charge in [0.05, 0.1) is 41.7 Å². The lowest BCUT2D eigenvalue weighted by Crippen LogP contribution is -2.23. The Labute approximate surface area is 198 Å². The largest absolute Gasteiger partial charge is 0.374 e. The van der Waals surface area contributed by atoms with Crippen molar-refractivity contribution >= 4 is 22.8 Å². The minimum atomic E-state index is -0.213. The van der Waals surface area contributed by atoms with Crippen molar-refractivity contribution in [3.8, 4) is 11.3 Å². The first-order valence-corrected chi connectivity index (χ1v) is 11.7. The van der Waals surface area contributed by atoms with Crippen molar-refractivity contribution in [3.63, 3.8) is 0 Å². The minimum absolute atomic E-state index is 0.0861. The zero-order valence-electron chi connectivity index (χ0n) is 19.3. The van der Waals surface area contributed by atoms with Gasteiger partial charge in [-0.05, 0) is 44.4 Å². The van der Waals surface area contributed by atoms with Gasteiger partial charge in [0, 0.05) is 16.8 Å². The number of ether oxygens (including phenoxy) is 1. The molecule has 0 bridgehead atoms. The van der Waals surface area contributed by atoms with E-state index in [1.54, 1.807) is 0 Å². The highest BCUT2D eigenvalue weighted by molar-refractivity contribution is 6.01. The Morgan fingerprint density at radius 3 is 2.71 bits per heavy atom. The highest BCUT2D eigenvalue weighted by Crippen LogP contribution is 2.39. The Balaban J connectivity index is 1.29. The normalized spacial score (nSPS) is 18.1. The molecule has 2 aliphatic rings. The van der Waals surface area contributed by atoms with Crippen LogP contribution in [0.3, 0.4) is 0 Å². The van der Waals surface area contributed by atoms with Crippen LogP contribution in [0.2, 0.25) is 0 Å². The zero-order valence-corrected chi connectivity index (χ0v) is 19.3. The van der Waals surface area contributed by atoms with E-state index in [0.717, 1.165) is 57.9 Å². The quantitative estimate of drug-likeness (QED) is 0.370. The maximum absolute atomic E-state index is 12.7. The number of aromatic amines is 1. The second kappa shape index (κ2) is 7.95. The van der Waals surface area contributed by atoms with E-state index in [1.807, 2.05) is 61.5 Å². The van der Waals surface area contributed by atoms with Gasteiger partial charge in [0.25, 0.3) is 5.91 Å². The van der Waals surface area contributed by atoms with Gasteiger partial charge in [0.2, 0.25) is 0 Å². The molecule has 3 N–H and O–H groups in total. The first kappa shape index (κ1) is 20.9. The number of benzene rings is 2. The number of para-hydroxylation sites is 1. The van der Waals surface area contributed by atoms with Crippen LogP contribution < -0.4 is 10.6 Å². The molecule has 7 nitrogen and oxygen atoms in total. The monoisotopic (exact) mass is 453 g/mol. The van der Waals surface area contributed by atoms with E-state index in [4.69, 9.17) is 14.7 Å². The second-order valence-electron chi connectivity index (χ2n) is 9.55. The van der Waals surface area contributed by atoms with Gasteiger partial charge in [0.1, 0.15) is 11.3 Å². The first-order valence-electron chi connectivity index (χ1n) is 11.7. The molecule has 0 unspecified atom stereocenters. The zero-order chi connectivity index (χ0) is 23.3. The number of hydrogen-bond donors (Lipinski definition) is 3. The number of carbonyl (C=O) groups excluding carboxylic acids is 1. The lowest BCUT2D eigenvalue weighted by molar-refractivity contribution is 0.0840. The van der Waals surface area contributed by atoms with Crippen LogP contribution in [0.1, 0.15) is 53.1 Å². The van der Waals surface area contributed by atoms with E-state index in [-0.39, 0.29) is 17.5 Å². The van der Waals surface area contributed by atoms with Crippen molar-refractivity contribution in [2.45, 2.75) is 44.9 Å². The number of nitrogens with one attached hydrogen (secondary N) is 3. The standard InChI is InChI=1S/C27H27N5O2/c1-16-25(32-27(2)11-12-27)31-23-18(9-6-10-20(23)28-16)21-13-19-24(29-21)22(30-26(19)33)15-34-14-17-7-4-3-5-8-17/h3-10,13,22,29H,11-12,14-15H2,1-2H3,(H,30,33)(H,31,32)/t22-/m0/s1. The van der Waals surface area contributed by atoms with Gasteiger partial charge < -0.3 is 20.4 Å². The fraction of sp³-hybridized carbons (Fsp3) is 0.296. The Morgan fingerprint density at radius 2 is 1.91 bits per heavy atom. The third-order valence-electron chi connectivity index (χ3n) is 6.72. The number of hydrogen-bond acceptors (Lipinski definition) is 5. The molecule has 0 radical (unpaired) electrons. The topological polar surface area (TPSA) is 91.9 Å². The van der Waals surface area contributed by atoms with Crippen molar-refractivity contribution in [2.75, 3.05) is 11.9 Å². The maximum atomic E-state index is 12.7. The summed E-state index contributed by atoms with van der Waals surface area (Å²) in [5, 5.41) is 6.57. The summed E-state index contributed by atoms with van der Waals surface area (Å²) in [6.45, 7) is 5.09. The molecule has 6 rings (SSSR count). The molecule has 0 saturated heterocycles. The van der Waals surface area contributed by atoms with Crippen LogP contribution in [-0.4, -0.2) is 33.0 Å². The molecule has 0 spiro atoms. The number of rotatable bonds is 7. The van der Waals surface area contributed by atoms with Crippen molar-refractivity contribution < 1.29 is 9.53 Å². The lowest BCUT2D eigenvalue weighted by Gasteiger charge is -2.16. The van der Waals surface area contributed by atoms with Gasteiger partial charge in [-0.3, -0.25) is 4.79 Å². The van der Waals surface area contributed by atoms with Gasteiger partial charge in [0.15, 0.2) is 0 Å². The summed E-state index contributed by atoms with van der Waals surface area (Å²) >= 11 is 0. The number of aryl methyl sites for hydroxylation is 1. The summed E-state index contributed by atoms with van der Waals surface area (Å²) < 4.78 is 5.91. The van der Waals surface area contributed by atoms with Crippen LogP contribution >= 0.6 is 0 Å². The fourth-order valence-corrected chi connectivity index (χ4v) is 4.48. The molecule has 1 aliphatic heterocycles. The van der Waals surface area contributed by atoms with E-state index in [1.165, 1.54) is 0 Å². The van der Waals surface area contributed by atoms with E-state index < -0.39 is 0 Å². The number of fused-ring (bicyclic) bond motifs is 2. The number of aromatic nitrogens is 3. The first-order chi connectivity index (χ1) is 16.5. The summed E-state index contributed by atoms with van der Waals surface area (Å²) in [6.07, 6.45) is 2.28. The summed E-state index contributed by atoms with van der Waals surface area (Å²) in [4.78, 5) is 25.9. The van der Waals surface area contributed by atoms with E-state index in [2.05, 4.69) is 22.5 Å². The maximum Gasteiger partial charge on any atom is 0.253 e. The summed E-state index contributed by atoms with van der Waals surface area (Å²) in [6, 6.07) is 17.7. The predicted molar refractivity (Wildman–Crippen MR) is 132 cm³/mol. The number of carbonyl (C=O) groups is 1. The molecule has 2 aromatic heterocycles. The molecule has 172 valence electrons. The summed E-state index contributed by atoms with van der Waals surface area (Å²) in [5.41, 5.74) is 7.06. The molecule has 1 atom stereocenters. The Kier molecular flexibility index (Phi) is 4.88. The third-order valence-corrected chi connectivity index (χ3v) is 6.72. The Morgan fingerprint density at radius 1 is 1.09 bits per heavy atom. The highest BCUT2D eigenvalue weighted by atomic mass is 16.5. The fourth-order valence-electron chi connectivity index (χ4n) is 4.48. The Bertz CT molecular complexity index is 1390. The van der Waals surface area contributed by atoms with Crippen molar-refractivity contribution in [1.29, 1.82) is 0 Å². The Hall–Kier alpha value is -3.71. The van der Waals surface area contributed by atoms with E-state index in [9.17, 15) is 4.79 Å². The van der Waals surface area contributed by atoms with Crippen LogP contribution in [0.5, 0.6) is 0 Å². The molecule has 1 amide bonds. The predicted octanol–water partition coefficient (Wildman–Crippen LogP) is 4.90. The van der Waals surface area contributed by atoms with Crippen molar-refractivity contribution in [2.24, 2.45) is 0 Å². The number of anilines is 1. The molecular weight excluding hydrogens is 426 g/mol. The molecule has 2 aromatic carbocycles. The van der Waals surface area contributed by atoms with Gasteiger partial charge >= 0.3 is 0 Å². The molecule has 1 aliphatic carbocycles. The SMILES string of the molecule is Cc1nc2cccc(-c3cc4c([nH]3)[C@H](COCc3ccccc3)NC4=O)c2nc1NC1(C)CC1. The number of nitrogens with zero attached hydrogens (tertiary/aromatic N) is 2.